The Morgan fingerprint density at radius 3 is 1.22 bits per heavy atom. The van der Waals surface area contributed by atoms with Gasteiger partial charge in [-0.25, -0.2) is 33.6 Å². The Balaban J connectivity index is 1.03. The molecule has 5 rings (SSSR count). The van der Waals surface area contributed by atoms with Crippen molar-refractivity contribution in [2.24, 2.45) is 0 Å². The molecule has 0 heterocycles. The van der Waals surface area contributed by atoms with Crippen molar-refractivity contribution in [3.05, 3.63) is 156 Å². The van der Waals surface area contributed by atoms with Crippen LogP contribution in [0.2, 0.25) is 0 Å². The molecule has 5 aromatic rings. The molecule has 0 N–H and O–H groups in total. The molecule has 0 aromatic heterocycles. The Labute approximate surface area is 360 Å². The van der Waals surface area contributed by atoms with E-state index < -0.39 is 42.2 Å². The molecule has 324 valence electrons. The van der Waals surface area contributed by atoms with E-state index in [2.05, 4.69) is 11.3 Å². The Hall–Kier alpha value is -8.27. The van der Waals surface area contributed by atoms with Crippen LogP contribution in [0.5, 0.6) is 34.5 Å². The molecule has 0 aliphatic rings. The number of methoxy groups -OCH3 is 1. The summed E-state index contributed by atoms with van der Waals surface area (Å²) in [5, 5.41) is 0. The molecule has 0 aliphatic heterocycles. The summed E-state index contributed by atoms with van der Waals surface area (Å²) in [4.78, 5) is 85.3. The maximum absolute atomic E-state index is 12.9. The highest BCUT2D eigenvalue weighted by atomic mass is 16.7. The number of carbonyl (C=O) groups excluding carboxylic acids is 7. The van der Waals surface area contributed by atoms with Gasteiger partial charge in [-0.05, 0) is 153 Å². The standard InChI is InChI=1S/C47H40O16/c1-4-41(48)56-27-7-5-6-8-28-57-47(54)62-38-23-15-32(16-24-38)43(50)58-35-17-9-33(10-18-35)44(51)60-39-25-26-40(30(2)29-39)63-45(52)34-11-19-36(20-12-34)59-42(49)31-13-21-37(22-14-31)61-46(53)55-3/h4,9-26,29H,1,5-8,27-28H2,2-3H3. The van der Waals surface area contributed by atoms with E-state index in [0.29, 0.717) is 25.0 Å². The molecule has 0 bridgehead atoms. The average Bonchev–Trinajstić information content (AvgIpc) is 3.28. The normalized spacial score (nSPS) is 10.3. The monoisotopic (exact) mass is 860 g/mol. The van der Waals surface area contributed by atoms with E-state index in [9.17, 15) is 33.6 Å². The fourth-order valence-electron chi connectivity index (χ4n) is 5.30. The van der Waals surface area contributed by atoms with Crippen molar-refractivity contribution in [3.63, 3.8) is 0 Å². The van der Waals surface area contributed by atoms with Crippen molar-refractivity contribution in [3.8, 4) is 34.5 Å². The van der Waals surface area contributed by atoms with Crippen LogP contribution in [0, 0.1) is 6.92 Å². The lowest BCUT2D eigenvalue weighted by molar-refractivity contribution is -0.137. The number of rotatable bonds is 18. The summed E-state index contributed by atoms with van der Waals surface area (Å²) in [6, 6.07) is 27.1. The third-order valence-corrected chi connectivity index (χ3v) is 8.58. The van der Waals surface area contributed by atoms with Crippen molar-refractivity contribution in [2.75, 3.05) is 20.3 Å². The predicted octanol–water partition coefficient (Wildman–Crippen LogP) is 8.82. The van der Waals surface area contributed by atoms with Crippen LogP contribution in [0.4, 0.5) is 9.59 Å². The molecule has 0 fully saturated rings. The minimum atomic E-state index is -0.899. The number of hydrogen-bond donors (Lipinski definition) is 0. The summed E-state index contributed by atoms with van der Waals surface area (Å²) in [6.07, 6.45) is 2.17. The summed E-state index contributed by atoms with van der Waals surface area (Å²) in [5.41, 5.74) is 1.20. The summed E-state index contributed by atoms with van der Waals surface area (Å²) in [7, 11) is 1.17. The van der Waals surface area contributed by atoms with E-state index in [1.54, 1.807) is 6.92 Å². The van der Waals surface area contributed by atoms with Crippen molar-refractivity contribution in [1.29, 1.82) is 0 Å². The summed E-state index contributed by atoms with van der Waals surface area (Å²) < 4.78 is 46.2. The molecule has 0 atom stereocenters. The van der Waals surface area contributed by atoms with Gasteiger partial charge in [-0.15, -0.1) is 0 Å². The topological polar surface area (TPSA) is 203 Å². The van der Waals surface area contributed by atoms with Crippen LogP contribution in [0.1, 0.15) is 72.7 Å². The van der Waals surface area contributed by atoms with Crippen LogP contribution in [0.15, 0.2) is 128 Å². The number of aryl methyl sites for hydroxylation is 1. The number of esters is 5. The van der Waals surface area contributed by atoms with Crippen molar-refractivity contribution in [1.82, 2.24) is 0 Å². The second-order valence-corrected chi connectivity index (χ2v) is 13.1. The van der Waals surface area contributed by atoms with Gasteiger partial charge in [-0.2, -0.15) is 0 Å². The molecular formula is C47H40O16. The van der Waals surface area contributed by atoms with Gasteiger partial charge in [0.05, 0.1) is 42.6 Å². The van der Waals surface area contributed by atoms with Crippen molar-refractivity contribution >= 4 is 42.2 Å². The van der Waals surface area contributed by atoms with E-state index in [4.69, 9.17) is 37.9 Å². The largest absolute Gasteiger partial charge is 0.513 e. The van der Waals surface area contributed by atoms with Gasteiger partial charge in [0, 0.05) is 6.08 Å². The number of hydrogen-bond acceptors (Lipinski definition) is 16. The number of benzene rings is 5. The van der Waals surface area contributed by atoms with Crippen LogP contribution < -0.4 is 28.4 Å². The minimum absolute atomic E-state index is 0.154. The van der Waals surface area contributed by atoms with Crippen LogP contribution in [0.25, 0.3) is 0 Å². The molecule has 0 aliphatic carbocycles. The fraction of sp³-hybridized carbons (Fsp3) is 0.170. The maximum Gasteiger partial charge on any atom is 0.513 e. The summed E-state index contributed by atoms with van der Waals surface area (Å²) >= 11 is 0. The lowest BCUT2D eigenvalue weighted by atomic mass is 10.2. The molecule has 0 spiro atoms. The van der Waals surface area contributed by atoms with E-state index >= 15 is 0 Å². The average molecular weight is 861 g/mol. The van der Waals surface area contributed by atoms with Gasteiger partial charge in [-0.1, -0.05) is 6.58 Å². The Morgan fingerprint density at radius 1 is 0.444 bits per heavy atom. The zero-order valence-electron chi connectivity index (χ0n) is 34.0. The van der Waals surface area contributed by atoms with E-state index in [-0.39, 0.29) is 63.4 Å². The van der Waals surface area contributed by atoms with Crippen LogP contribution in [-0.2, 0) is 19.0 Å². The number of unbranched alkanes of at least 4 members (excludes halogenated alkanes) is 3. The summed E-state index contributed by atoms with van der Waals surface area (Å²) in [5.74, 6) is -2.14. The number of ether oxygens (including phenoxy) is 9. The first kappa shape index (κ1) is 45.8. The molecule has 16 heteroatoms. The first-order valence-corrected chi connectivity index (χ1v) is 19.2. The zero-order chi connectivity index (χ0) is 45.1. The zero-order valence-corrected chi connectivity index (χ0v) is 34.0. The van der Waals surface area contributed by atoms with E-state index in [0.717, 1.165) is 18.9 Å². The highest BCUT2D eigenvalue weighted by Gasteiger charge is 2.17. The molecule has 5 aromatic carbocycles. The molecule has 0 amide bonds. The van der Waals surface area contributed by atoms with E-state index in [1.807, 2.05) is 0 Å². The first-order valence-electron chi connectivity index (χ1n) is 19.2. The van der Waals surface area contributed by atoms with Gasteiger partial charge in [-0.3, -0.25) is 0 Å². The minimum Gasteiger partial charge on any atom is -0.463 e. The Kier molecular flexibility index (Phi) is 16.7. The highest BCUT2D eigenvalue weighted by Crippen LogP contribution is 2.26. The van der Waals surface area contributed by atoms with Gasteiger partial charge in [0.15, 0.2) is 0 Å². The molecule has 0 radical (unpaired) electrons. The third kappa shape index (κ3) is 14.5. The second kappa shape index (κ2) is 22.9. The Bertz CT molecular complexity index is 2420. The number of carbonyl (C=O) groups is 7. The van der Waals surface area contributed by atoms with Gasteiger partial charge in [0.25, 0.3) is 0 Å². The maximum atomic E-state index is 12.9. The van der Waals surface area contributed by atoms with Gasteiger partial charge in [0.2, 0.25) is 0 Å². The van der Waals surface area contributed by atoms with Crippen molar-refractivity contribution < 1.29 is 76.2 Å². The second-order valence-electron chi connectivity index (χ2n) is 13.1. The van der Waals surface area contributed by atoms with E-state index in [1.165, 1.54) is 122 Å². The molecule has 0 saturated heterocycles. The van der Waals surface area contributed by atoms with Crippen LogP contribution in [0.3, 0.4) is 0 Å². The van der Waals surface area contributed by atoms with Gasteiger partial charge >= 0.3 is 42.2 Å². The first-order chi connectivity index (χ1) is 30.4. The van der Waals surface area contributed by atoms with Gasteiger partial charge in [0.1, 0.15) is 34.5 Å². The molecular weight excluding hydrogens is 821 g/mol. The highest BCUT2D eigenvalue weighted by molar-refractivity contribution is 5.94. The molecule has 0 saturated carbocycles. The third-order valence-electron chi connectivity index (χ3n) is 8.58. The smallest absolute Gasteiger partial charge is 0.463 e. The molecule has 16 nitrogen and oxygen atoms in total. The van der Waals surface area contributed by atoms with Crippen molar-refractivity contribution in [2.45, 2.75) is 32.6 Å². The fourth-order valence-corrected chi connectivity index (χ4v) is 5.30. The lowest BCUT2D eigenvalue weighted by Gasteiger charge is -2.11. The molecule has 0 unspecified atom stereocenters. The van der Waals surface area contributed by atoms with Crippen LogP contribution >= 0.6 is 0 Å². The quantitative estimate of drug-likeness (QED) is 0.0202. The molecule has 63 heavy (non-hydrogen) atoms. The summed E-state index contributed by atoms with van der Waals surface area (Å²) in [6.45, 7) is 5.45. The van der Waals surface area contributed by atoms with Crippen LogP contribution in [-0.4, -0.2) is 62.5 Å². The SMILES string of the molecule is C=CC(=O)OCCCCCCOC(=O)Oc1ccc(C(=O)Oc2ccc(C(=O)Oc3ccc(OC(=O)c4ccc(OC(=O)c5ccc(OC(=O)OC)cc5)cc4)c(C)c3)cc2)cc1. The lowest BCUT2D eigenvalue weighted by Crippen LogP contribution is -2.12. The predicted molar refractivity (Wildman–Crippen MR) is 221 cm³/mol. The Morgan fingerprint density at radius 2 is 0.810 bits per heavy atom. The van der Waals surface area contributed by atoms with Gasteiger partial charge < -0.3 is 42.6 Å².